The molecular formula is C16H24N2O2. The highest BCUT2D eigenvalue weighted by Gasteiger charge is 2.26. The number of nitrogens with two attached hydrogens (primary N) is 1. The van der Waals surface area contributed by atoms with Crippen LogP contribution in [0.1, 0.15) is 36.2 Å². The van der Waals surface area contributed by atoms with Gasteiger partial charge in [0.1, 0.15) is 0 Å². The molecule has 1 fully saturated rings. The van der Waals surface area contributed by atoms with E-state index >= 15 is 0 Å². The Morgan fingerprint density at radius 1 is 1.50 bits per heavy atom. The molecule has 4 nitrogen and oxygen atoms in total. The molecule has 0 aliphatic carbocycles. The molecule has 0 unspecified atom stereocenters. The summed E-state index contributed by atoms with van der Waals surface area (Å²) in [7, 11) is 0. The summed E-state index contributed by atoms with van der Waals surface area (Å²) < 4.78 is 0. The summed E-state index contributed by atoms with van der Waals surface area (Å²) in [4.78, 5) is 13.4. The first kappa shape index (κ1) is 15.0. The Morgan fingerprint density at radius 3 is 2.90 bits per heavy atom. The van der Waals surface area contributed by atoms with E-state index in [9.17, 15) is 4.79 Å². The van der Waals surface area contributed by atoms with E-state index in [0.29, 0.717) is 11.5 Å². The predicted molar refractivity (Wildman–Crippen MR) is 79.9 cm³/mol. The van der Waals surface area contributed by atoms with E-state index in [1.807, 2.05) is 12.1 Å². The van der Waals surface area contributed by atoms with Crippen LogP contribution in [0.15, 0.2) is 24.3 Å². The van der Waals surface area contributed by atoms with Gasteiger partial charge in [-0.15, -0.1) is 0 Å². The Morgan fingerprint density at radius 2 is 2.25 bits per heavy atom. The molecule has 0 radical (unpaired) electrons. The summed E-state index contributed by atoms with van der Waals surface area (Å²) >= 11 is 0. The van der Waals surface area contributed by atoms with Crippen molar-refractivity contribution in [3.63, 3.8) is 0 Å². The molecule has 3 N–H and O–H groups in total. The van der Waals surface area contributed by atoms with Crippen LogP contribution in [0.5, 0.6) is 0 Å². The minimum atomic E-state index is -0.857. The lowest BCUT2D eigenvalue weighted by Crippen LogP contribution is -2.44. The molecule has 1 saturated heterocycles. The lowest BCUT2D eigenvalue weighted by Gasteiger charge is -2.26. The summed E-state index contributed by atoms with van der Waals surface area (Å²) in [6, 6.07) is 7.28. The Bertz CT molecular complexity index is 480. The molecule has 0 aromatic heterocycles. The number of hydrogen-bond donors (Lipinski definition) is 2. The number of carboxylic acid groups (broad SMARTS) is 1. The van der Waals surface area contributed by atoms with E-state index in [2.05, 4.69) is 18.7 Å². The van der Waals surface area contributed by atoms with Crippen molar-refractivity contribution in [2.75, 3.05) is 19.6 Å². The van der Waals surface area contributed by atoms with Crippen LogP contribution in [0.3, 0.4) is 0 Å². The molecule has 0 saturated carbocycles. The SMILES string of the molecule is CC(C)(N)CN1CC[C@@H](Cc2cccc(C(=O)O)c2)C1. The molecule has 4 heteroatoms. The van der Waals surface area contributed by atoms with Crippen LogP contribution in [-0.2, 0) is 6.42 Å². The fraction of sp³-hybridized carbons (Fsp3) is 0.562. The van der Waals surface area contributed by atoms with Crippen molar-refractivity contribution in [3.05, 3.63) is 35.4 Å². The third-order valence-corrected chi connectivity index (χ3v) is 3.70. The van der Waals surface area contributed by atoms with Gasteiger partial charge in [0.2, 0.25) is 0 Å². The number of likely N-dealkylation sites (tertiary alicyclic amines) is 1. The minimum absolute atomic E-state index is 0.155. The fourth-order valence-corrected chi connectivity index (χ4v) is 2.96. The first-order valence-corrected chi connectivity index (χ1v) is 7.17. The van der Waals surface area contributed by atoms with Crippen LogP contribution in [0.2, 0.25) is 0 Å². The van der Waals surface area contributed by atoms with Crippen LogP contribution in [-0.4, -0.2) is 41.1 Å². The Kier molecular flexibility index (Phi) is 4.45. The van der Waals surface area contributed by atoms with E-state index in [4.69, 9.17) is 10.8 Å². The lowest BCUT2D eigenvalue weighted by molar-refractivity contribution is 0.0696. The second kappa shape index (κ2) is 5.94. The van der Waals surface area contributed by atoms with Crippen LogP contribution in [0.25, 0.3) is 0 Å². The number of hydrogen-bond acceptors (Lipinski definition) is 3. The molecule has 110 valence electrons. The third-order valence-electron chi connectivity index (χ3n) is 3.70. The smallest absolute Gasteiger partial charge is 0.335 e. The molecule has 2 rings (SSSR count). The van der Waals surface area contributed by atoms with Gasteiger partial charge in [0, 0.05) is 18.6 Å². The summed E-state index contributed by atoms with van der Waals surface area (Å²) in [5.41, 5.74) is 7.39. The molecular weight excluding hydrogens is 252 g/mol. The molecule has 1 aromatic rings. The van der Waals surface area contributed by atoms with E-state index in [-0.39, 0.29) is 5.54 Å². The van der Waals surface area contributed by atoms with Crippen LogP contribution >= 0.6 is 0 Å². The zero-order chi connectivity index (χ0) is 14.8. The van der Waals surface area contributed by atoms with Crippen molar-refractivity contribution in [3.8, 4) is 0 Å². The molecule has 1 atom stereocenters. The van der Waals surface area contributed by atoms with Gasteiger partial charge < -0.3 is 15.7 Å². The van der Waals surface area contributed by atoms with Crippen LogP contribution < -0.4 is 5.73 Å². The van der Waals surface area contributed by atoms with Gasteiger partial charge in [-0.25, -0.2) is 4.79 Å². The molecule has 1 aromatic carbocycles. The van der Waals surface area contributed by atoms with Gasteiger partial charge in [0.15, 0.2) is 0 Å². The molecule has 20 heavy (non-hydrogen) atoms. The number of aromatic carboxylic acids is 1. The van der Waals surface area contributed by atoms with Gasteiger partial charge in [-0.2, -0.15) is 0 Å². The minimum Gasteiger partial charge on any atom is -0.478 e. The molecule has 0 bridgehead atoms. The summed E-state index contributed by atoms with van der Waals surface area (Å²) in [6.07, 6.45) is 2.11. The number of carbonyl (C=O) groups is 1. The zero-order valence-corrected chi connectivity index (χ0v) is 12.3. The van der Waals surface area contributed by atoms with Crippen LogP contribution in [0.4, 0.5) is 0 Å². The largest absolute Gasteiger partial charge is 0.478 e. The molecule has 0 amide bonds. The molecule has 0 spiro atoms. The maximum absolute atomic E-state index is 11.0. The summed E-state index contributed by atoms with van der Waals surface area (Å²) in [5, 5.41) is 9.02. The quantitative estimate of drug-likeness (QED) is 0.863. The van der Waals surface area contributed by atoms with Crippen molar-refractivity contribution in [1.82, 2.24) is 4.90 Å². The molecule has 1 heterocycles. The van der Waals surface area contributed by atoms with Crippen molar-refractivity contribution in [2.24, 2.45) is 11.7 Å². The topological polar surface area (TPSA) is 66.6 Å². The van der Waals surface area contributed by atoms with E-state index in [1.165, 1.54) is 0 Å². The van der Waals surface area contributed by atoms with E-state index < -0.39 is 5.97 Å². The molecule has 1 aliphatic rings. The Balaban J connectivity index is 1.92. The van der Waals surface area contributed by atoms with Gasteiger partial charge in [0.25, 0.3) is 0 Å². The predicted octanol–water partition coefficient (Wildman–Crippen LogP) is 1.99. The van der Waals surface area contributed by atoms with Crippen molar-refractivity contribution in [2.45, 2.75) is 32.2 Å². The number of benzene rings is 1. The monoisotopic (exact) mass is 276 g/mol. The number of nitrogens with zero attached hydrogens (tertiary/aromatic N) is 1. The number of rotatable bonds is 5. The average molecular weight is 276 g/mol. The van der Waals surface area contributed by atoms with Crippen molar-refractivity contribution in [1.29, 1.82) is 0 Å². The first-order chi connectivity index (χ1) is 9.33. The third kappa shape index (κ3) is 4.32. The highest BCUT2D eigenvalue weighted by molar-refractivity contribution is 5.87. The maximum Gasteiger partial charge on any atom is 0.335 e. The standard InChI is InChI=1S/C16H24N2O2/c1-16(2,17)11-18-7-6-13(10-18)8-12-4-3-5-14(9-12)15(19)20/h3-5,9,13H,6-8,10-11,17H2,1-2H3,(H,19,20)/t13-/m0/s1. The zero-order valence-electron chi connectivity index (χ0n) is 12.3. The summed E-state index contributed by atoms with van der Waals surface area (Å²) in [5.74, 6) is -0.258. The van der Waals surface area contributed by atoms with E-state index in [0.717, 1.165) is 38.0 Å². The van der Waals surface area contributed by atoms with Gasteiger partial charge in [0.05, 0.1) is 5.56 Å². The Hall–Kier alpha value is -1.39. The van der Waals surface area contributed by atoms with Gasteiger partial charge >= 0.3 is 5.97 Å². The van der Waals surface area contributed by atoms with Gasteiger partial charge in [-0.3, -0.25) is 0 Å². The normalized spacial score (nSPS) is 20.2. The lowest BCUT2D eigenvalue weighted by atomic mass is 9.97. The van der Waals surface area contributed by atoms with Gasteiger partial charge in [-0.05, 0) is 56.8 Å². The van der Waals surface area contributed by atoms with Crippen molar-refractivity contribution >= 4 is 5.97 Å². The average Bonchev–Trinajstić information content (AvgIpc) is 2.74. The van der Waals surface area contributed by atoms with Crippen LogP contribution in [0, 0.1) is 5.92 Å². The Labute approximate surface area is 120 Å². The maximum atomic E-state index is 11.0. The number of carboxylic acids is 1. The fourth-order valence-electron chi connectivity index (χ4n) is 2.96. The first-order valence-electron chi connectivity index (χ1n) is 7.17. The molecule has 1 aliphatic heterocycles. The highest BCUT2D eigenvalue weighted by Crippen LogP contribution is 2.22. The van der Waals surface area contributed by atoms with E-state index in [1.54, 1.807) is 12.1 Å². The second-order valence-corrected chi connectivity index (χ2v) is 6.59. The second-order valence-electron chi connectivity index (χ2n) is 6.59. The van der Waals surface area contributed by atoms with Crippen molar-refractivity contribution < 1.29 is 9.90 Å². The summed E-state index contributed by atoms with van der Waals surface area (Å²) in [6.45, 7) is 7.16. The van der Waals surface area contributed by atoms with Gasteiger partial charge in [-0.1, -0.05) is 12.1 Å². The highest BCUT2D eigenvalue weighted by atomic mass is 16.4.